The third-order valence-electron chi connectivity index (χ3n) is 3.95. The SMILES string of the molecule is O=C(CCCc1nc2ccccc2s1)OCc1ccc2c(c1)OCO2. The monoisotopic (exact) mass is 355 g/mol. The first-order chi connectivity index (χ1) is 12.3. The molecule has 0 atom stereocenters. The van der Waals surface area contributed by atoms with Crippen LogP contribution in [0.25, 0.3) is 10.2 Å². The van der Waals surface area contributed by atoms with Crippen LogP contribution in [0.5, 0.6) is 11.5 Å². The number of fused-ring (bicyclic) bond motifs is 2. The summed E-state index contributed by atoms with van der Waals surface area (Å²) in [5.41, 5.74) is 1.91. The summed E-state index contributed by atoms with van der Waals surface area (Å²) in [5, 5.41) is 1.06. The van der Waals surface area contributed by atoms with Gasteiger partial charge in [-0.25, -0.2) is 4.98 Å². The minimum atomic E-state index is -0.196. The number of esters is 1. The first-order valence-corrected chi connectivity index (χ1v) is 8.98. The molecule has 25 heavy (non-hydrogen) atoms. The fourth-order valence-electron chi connectivity index (χ4n) is 2.68. The number of nitrogens with zero attached hydrogens (tertiary/aromatic N) is 1. The zero-order valence-corrected chi connectivity index (χ0v) is 14.4. The predicted octanol–water partition coefficient (Wildman–Crippen LogP) is 4.09. The Kier molecular flexibility index (Phi) is 4.52. The Bertz CT molecular complexity index is 872. The second-order valence-corrected chi connectivity index (χ2v) is 6.89. The summed E-state index contributed by atoms with van der Waals surface area (Å²) in [4.78, 5) is 16.5. The van der Waals surface area contributed by atoms with Gasteiger partial charge < -0.3 is 14.2 Å². The fraction of sp³-hybridized carbons (Fsp3) is 0.263. The lowest BCUT2D eigenvalue weighted by Crippen LogP contribution is -2.05. The summed E-state index contributed by atoms with van der Waals surface area (Å²) >= 11 is 1.68. The van der Waals surface area contributed by atoms with Gasteiger partial charge in [0.1, 0.15) is 6.61 Å². The molecule has 1 aliphatic heterocycles. The Labute approximate surface area is 149 Å². The van der Waals surface area contributed by atoms with Crippen molar-refractivity contribution in [2.45, 2.75) is 25.9 Å². The quantitative estimate of drug-likeness (QED) is 0.623. The number of aryl methyl sites for hydroxylation is 1. The first-order valence-electron chi connectivity index (χ1n) is 8.16. The van der Waals surface area contributed by atoms with Gasteiger partial charge in [0.25, 0.3) is 0 Å². The molecule has 128 valence electrons. The molecule has 0 radical (unpaired) electrons. The Hall–Kier alpha value is -2.60. The normalized spacial score (nSPS) is 12.5. The van der Waals surface area contributed by atoms with Crippen LogP contribution in [0.4, 0.5) is 0 Å². The zero-order chi connectivity index (χ0) is 17.1. The molecule has 1 aliphatic rings. The number of ether oxygens (including phenoxy) is 3. The van der Waals surface area contributed by atoms with Crippen LogP contribution >= 0.6 is 11.3 Å². The second-order valence-electron chi connectivity index (χ2n) is 5.78. The number of aromatic nitrogens is 1. The Balaban J connectivity index is 1.24. The van der Waals surface area contributed by atoms with Crippen molar-refractivity contribution in [3.8, 4) is 11.5 Å². The van der Waals surface area contributed by atoms with Crippen molar-refractivity contribution < 1.29 is 19.0 Å². The van der Waals surface area contributed by atoms with Crippen molar-refractivity contribution in [2.75, 3.05) is 6.79 Å². The summed E-state index contributed by atoms with van der Waals surface area (Å²) in [6.07, 6.45) is 1.92. The first kappa shape index (κ1) is 15.9. The van der Waals surface area contributed by atoms with E-state index in [2.05, 4.69) is 11.1 Å². The Morgan fingerprint density at radius 1 is 1.16 bits per heavy atom. The summed E-state index contributed by atoms with van der Waals surface area (Å²) in [7, 11) is 0. The van der Waals surface area contributed by atoms with Gasteiger partial charge in [0.15, 0.2) is 11.5 Å². The van der Waals surface area contributed by atoms with Crippen LogP contribution in [-0.4, -0.2) is 17.7 Å². The summed E-state index contributed by atoms with van der Waals surface area (Å²) in [5.74, 6) is 1.23. The standard InChI is InChI=1S/C19H17NO4S/c21-19(22-11-13-8-9-15-16(10-13)24-12-23-15)7-3-6-18-20-14-4-1-2-5-17(14)25-18/h1-2,4-5,8-10H,3,6-7,11-12H2. The summed E-state index contributed by atoms with van der Waals surface area (Å²) in [6.45, 7) is 0.487. The van der Waals surface area contributed by atoms with Crippen molar-refractivity contribution >= 4 is 27.5 Å². The van der Waals surface area contributed by atoms with Crippen molar-refractivity contribution in [3.63, 3.8) is 0 Å². The lowest BCUT2D eigenvalue weighted by molar-refractivity contribution is -0.145. The molecule has 0 amide bonds. The number of carbonyl (C=O) groups excluding carboxylic acids is 1. The number of thiazole rings is 1. The molecule has 2 aromatic carbocycles. The molecular formula is C19H17NO4S. The van der Waals surface area contributed by atoms with E-state index in [9.17, 15) is 4.79 Å². The van der Waals surface area contributed by atoms with E-state index in [0.717, 1.165) is 34.7 Å². The van der Waals surface area contributed by atoms with Crippen molar-refractivity contribution in [1.82, 2.24) is 4.98 Å². The largest absolute Gasteiger partial charge is 0.461 e. The molecular weight excluding hydrogens is 338 g/mol. The summed E-state index contributed by atoms with van der Waals surface area (Å²) in [6, 6.07) is 13.6. The van der Waals surface area contributed by atoms with Gasteiger partial charge in [0.2, 0.25) is 6.79 Å². The molecule has 0 fully saturated rings. The fourth-order valence-corrected chi connectivity index (χ4v) is 3.69. The van der Waals surface area contributed by atoms with Crippen LogP contribution in [0.2, 0.25) is 0 Å². The van der Waals surface area contributed by atoms with Crippen LogP contribution in [0, 0.1) is 0 Å². The van der Waals surface area contributed by atoms with Gasteiger partial charge in [-0.15, -0.1) is 11.3 Å². The highest BCUT2D eigenvalue weighted by Crippen LogP contribution is 2.32. The maximum absolute atomic E-state index is 11.9. The van der Waals surface area contributed by atoms with Crippen LogP contribution in [0.15, 0.2) is 42.5 Å². The third-order valence-corrected chi connectivity index (χ3v) is 5.04. The molecule has 5 nitrogen and oxygen atoms in total. The maximum atomic E-state index is 11.9. The van der Waals surface area contributed by atoms with E-state index in [-0.39, 0.29) is 19.4 Å². The second kappa shape index (κ2) is 7.11. The highest BCUT2D eigenvalue weighted by molar-refractivity contribution is 7.18. The van der Waals surface area contributed by atoms with Crippen LogP contribution in [-0.2, 0) is 22.6 Å². The van der Waals surface area contributed by atoms with Crippen LogP contribution < -0.4 is 9.47 Å². The predicted molar refractivity (Wildman–Crippen MR) is 94.9 cm³/mol. The van der Waals surface area contributed by atoms with E-state index < -0.39 is 0 Å². The number of hydrogen-bond donors (Lipinski definition) is 0. The van der Waals surface area contributed by atoms with Crippen molar-refractivity contribution in [3.05, 3.63) is 53.0 Å². The minimum absolute atomic E-state index is 0.196. The molecule has 0 saturated carbocycles. The van der Waals surface area contributed by atoms with E-state index >= 15 is 0 Å². The molecule has 0 N–H and O–H groups in total. The van der Waals surface area contributed by atoms with Crippen LogP contribution in [0.1, 0.15) is 23.4 Å². The smallest absolute Gasteiger partial charge is 0.306 e. The zero-order valence-electron chi connectivity index (χ0n) is 13.6. The van der Waals surface area contributed by atoms with E-state index in [1.165, 1.54) is 4.70 Å². The number of carbonyl (C=O) groups is 1. The van der Waals surface area contributed by atoms with E-state index in [1.807, 2.05) is 36.4 Å². The van der Waals surface area contributed by atoms with Gasteiger partial charge in [-0.2, -0.15) is 0 Å². The molecule has 0 spiro atoms. The molecule has 0 saturated heterocycles. The summed E-state index contributed by atoms with van der Waals surface area (Å²) < 4.78 is 17.1. The molecule has 2 heterocycles. The van der Waals surface area contributed by atoms with Gasteiger partial charge in [-0.1, -0.05) is 18.2 Å². The van der Waals surface area contributed by atoms with Gasteiger partial charge >= 0.3 is 5.97 Å². The molecule has 4 rings (SSSR count). The van der Waals surface area contributed by atoms with Gasteiger partial charge in [0.05, 0.1) is 15.2 Å². The Morgan fingerprint density at radius 3 is 2.96 bits per heavy atom. The molecule has 6 heteroatoms. The lowest BCUT2D eigenvalue weighted by Gasteiger charge is -2.05. The topological polar surface area (TPSA) is 57.7 Å². The number of hydrogen-bond acceptors (Lipinski definition) is 6. The molecule has 0 bridgehead atoms. The average Bonchev–Trinajstić information content (AvgIpc) is 3.25. The molecule has 3 aromatic rings. The molecule has 1 aromatic heterocycles. The van der Waals surface area contributed by atoms with Crippen LogP contribution in [0.3, 0.4) is 0 Å². The lowest BCUT2D eigenvalue weighted by atomic mass is 10.2. The molecule has 0 unspecified atom stereocenters. The van der Waals surface area contributed by atoms with E-state index in [1.54, 1.807) is 11.3 Å². The van der Waals surface area contributed by atoms with E-state index in [4.69, 9.17) is 14.2 Å². The van der Waals surface area contributed by atoms with Gasteiger partial charge in [0, 0.05) is 6.42 Å². The van der Waals surface area contributed by atoms with E-state index in [0.29, 0.717) is 12.2 Å². The maximum Gasteiger partial charge on any atom is 0.306 e. The van der Waals surface area contributed by atoms with Crippen molar-refractivity contribution in [2.24, 2.45) is 0 Å². The number of rotatable bonds is 6. The Morgan fingerprint density at radius 2 is 2.04 bits per heavy atom. The molecule has 0 aliphatic carbocycles. The third kappa shape index (κ3) is 3.74. The van der Waals surface area contributed by atoms with Gasteiger partial charge in [-0.3, -0.25) is 4.79 Å². The van der Waals surface area contributed by atoms with Crippen molar-refractivity contribution in [1.29, 1.82) is 0 Å². The highest BCUT2D eigenvalue weighted by Gasteiger charge is 2.14. The minimum Gasteiger partial charge on any atom is -0.461 e. The number of benzene rings is 2. The average molecular weight is 355 g/mol. The highest BCUT2D eigenvalue weighted by atomic mass is 32.1. The van der Waals surface area contributed by atoms with Gasteiger partial charge in [-0.05, 0) is 42.7 Å². The number of para-hydroxylation sites is 1.